The van der Waals surface area contributed by atoms with Gasteiger partial charge in [-0.2, -0.15) is 0 Å². The highest BCUT2D eigenvalue weighted by atomic mass is 19.1. The summed E-state index contributed by atoms with van der Waals surface area (Å²) in [6, 6.07) is 4.88. The fourth-order valence-electron chi connectivity index (χ4n) is 1.92. The van der Waals surface area contributed by atoms with E-state index in [0.717, 1.165) is 17.0 Å². The monoisotopic (exact) mass is 278 g/mol. The van der Waals surface area contributed by atoms with Crippen LogP contribution in [0.3, 0.4) is 0 Å². The number of aryl methyl sites for hydroxylation is 2. The van der Waals surface area contributed by atoms with Crippen molar-refractivity contribution in [1.29, 1.82) is 0 Å². The van der Waals surface area contributed by atoms with Crippen LogP contribution in [0, 0.1) is 19.7 Å². The average molecular weight is 278 g/mol. The van der Waals surface area contributed by atoms with Gasteiger partial charge in [0.15, 0.2) is 11.6 Å². The van der Waals surface area contributed by atoms with Crippen LogP contribution in [0.25, 0.3) is 0 Å². The minimum atomic E-state index is -0.359. The molecule has 0 aliphatic rings. The highest BCUT2D eigenvalue weighted by Gasteiger charge is 2.11. The Bertz CT molecular complexity index is 576. The third-order valence-corrected chi connectivity index (χ3v) is 3.31. The number of halogens is 1. The van der Waals surface area contributed by atoms with Crippen molar-refractivity contribution in [3.63, 3.8) is 0 Å². The molecule has 108 valence electrons. The normalized spacial score (nSPS) is 12.4. The molecule has 2 rings (SSSR count). The molecule has 0 radical (unpaired) electrons. The molecule has 1 N–H and O–H groups in total. The first-order chi connectivity index (χ1) is 9.51. The van der Waals surface area contributed by atoms with Crippen LogP contribution in [0.2, 0.25) is 0 Å². The van der Waals surface area contributed by atoms with Crippen molar-refractivity contribution >= 4 is 0 Å². The smallest absolute Gasteiger partial charge is 0.208 e. The Labute approximate surface area is 118 Å². The lowest BCUT2D eigenvalue weighted by Crippen LogP contribution is -2.18. The Morgan fingerprint density at radius 2 is 2.15 bits per heavy atom. The Morgan fingerprint density at radius 3 is 2.75 bits per heavy atom. The number of hydrogen-bond acceptors (Lipinski definition) is 4. The molecule has 4 nitrogen and oxygen atoms in total. The molecule has 0 aliphatic heterocycles. The van der Waals surface area contributed by atoms with Crippen LogP contribution in [0.15, 0.2) is 22.6 Å². The standard InChI is InChI=1S/C15H19FN2O2/c1-9-11(3)20-15(18-9)8-17-10(2)12-5-6-13(16)14(7-12)19-4/h5-7,10,17H,8H2,1-4H3. The van der Waals surface area contributed by atoms with Gasteiger partial charge in [0.1, 0.15) is 5.76 Å². The van der Waals surface area contributed by atoms with Gasteiger partial charge in [-0.05, 0) is 38.5 Å². The first kappa shape index (κ1) is 14.5. The number of oxazole rings is 1. The third kappa shape index (κ3) is 3.17. The summed E-state index contributed by atoms with van der Waals surface area (Å²) >= 11 is 0. The minimum absolute atomic E-state index is 0.0389. The van der Waals surface area contributed by atoms with E-state index < -0.39 is 0 Å². The summed E-state index contributed by atoms with van der Waals surface area (Å²) in [5.74, 6) is 1.38. The van der Waals surface area contributed by atoms with Crippen molar-refractivity contribution in [2.45, 2.75) is 33.4 Å². The minimum Gasteiger partial charge on any atom is -0.494 e. The highest BCUT2D eigenvalue weighted by molar-refractivity contribution is 5.31. The second-order valence-electron chi connectivity index (χ2n) is 4.75. The number of nitrogens with zero attached hydrogens (tertiary/aromatic N) is 1. The zero-order chi connectivity index (χ0) is 14.7. The summed E-state index contributed by atoms with van der Waals surface area (Å²) < 4.78 is 23.9. The van der Waals surface area contributed by atoms with Crippen molar-refractivity contribution in [1.82, 2.24) is 10.3 Å². The van der Waals surface area contributed by atoms with Crippen LogP contribution in [0.5, 0.6) is 5.75 Å². The van der Waals surface area contributed by atoms with E-state index in [1.807, 2.05) is 20.8 Å². The molecule has 0 spiro atoms. The summed E-state index contributed by atoms with van der Waals surface area (Å²) in [6.45, 7) is 6.32. The zero-order valence-electron chi connectivity index (χ0n) is 12.2. The molecule has 1 aromatic heterocycles. The maximum absolute atomic E-state index is 13.4. The SMILES string of the molecule is COc1cc(C(C)NCc2nc(C)c(C)o2)ccc1F. The van der Waals surface area contributed by atoms with Crippen LogP contribution >= 0.6 is 0 Å². The van der Waals surface area contributed by atoms with Crippen molar-refractivity contribution < 1.29 is 13.5 Å². The number of rotatable bonds is 5. The van der Waals surface area contributed by atoms with E-state index in [4.69, 9.17) is 9.15 Å². The van der Waals surface area contributed by atoms with Gasteiger partial charge in [-0.25, -0.2) is 9.37 Å². The summed E-state index contributed by atoms with van der Waals surface area (Å²) in [4.78, 5) is 4.31. The summed E-state index contributed by atoms with van der Waals surface area (Å²) in [7, 11) is 1.46. The van der Waals surface area contributed by atoms with Crippen molar-refractivity contribution in [2.24, 2.45) is 0 Å². The lowest BCUT2D eigenvalue weighted by Gasteiger charge is -2.14. The second-order valence-corrected chi connectivity index (χ2v) is 4.75. The first-order valence-electron chi connectivity index (χ1n) is 6.51. The number of ether oxygens (including phenoxy) is 1. The fraction of sp³-hybridized carbons (Fsp3) is 0.400. The molecule has 1 heterocycles. The maximum atomic E-state index is 13.4. The fourth-order valence-corrected chi connectivity index (χ4v) is 1.92. The predicted molar refractivity (Wildman–Crippen MR) is 74.2 cm³/mol. The molecule has 5 heteroatoms. The lowest BCUT2D eigenvalue weighted by molar-refractivity contribution is 0.384. The highest BCUT2D eigenvalue weighted by Crippen LogP contribution is 2.22. The molecule has 2 aromatic rings. The molecule has 0 aliphatic carbocycles. The van der Waals surface area contributed by atoms with Gasteiger partial charge in [0.05, 0.1) is 19.3 Å². The van der Waals surface area contributed by atoms with E-state index in [1.54, 1.807) is 12.1 Å². The van der Waals surface area contributed by atoms with Gasteiger partial charge in [-0.15, -0.1) is 0 Å². The van der Waals surface area contributed by atoms with E-state index >= 15 is 0 Å². The number of aromatic nitrogens is 1. The maximum Gasteiger partial charge on any atom is 0.208 e. The molecule has 1 atom stereocenters. The van der Waals surface area contributed by atoms with Gasteiger partial charge < -0.3 is 14.5 Å². The molecule has 0 bridgehead atoms. The molecule has 0 saturated carbocycles. The third-order valence-electron chi connectivity index (χ3n) is 3.31. The van der Waals surface area contributed by atoms with Gasteiger partial charge in [-0.1, -0.05) is 6.07 Å². The largest absolute Gasteiger partial charge is 0.494 e. The van der Waals surface area contributed by atoms with Crippen LogP contribution in [0.1, 0.15) is 35.9 Å². The number of methoxy groups -OCH3 is 1. The summed E-state index contributed by atoms with van der Waals surface area (Å²) in [6.07, 6.45) is 0. The molecule has 20 heavy (non-hydrogen) atoms. The van der Waals surface area contributed by atoms with E-state index in [0.29, 0.717) is 12.4 Å². The summed E-state index contributed by atoms with van der Waals surface area (Å²) in [5, 5.41) is 3.29. The first-order valence-corrected chi connectivity index (χ1v) is 6.51. The molecular weight excluding hydrogens is 259 g/mol. The zero-order valence-corrected chi connectivity index (χ0v) is 12.2. The van der Waals surface area contributed by atoms with Gasteiger partial charge in [0.25, 0.3) is 0 Å². The second kappa shape index (κ2) is 6.05. The van der Waals surface area contributed by atoms with E-state index in [2.05, 4.69) is 10.3 Å². The van der Waals surface area contributed by atoms with E-state index in [-0.39, 0.29) is 17.6 Å². The molecule has 0 amide bonds. The number of nitrogens with one attached hydrogen (secondary N) is 1. The predicted octanol–water partition coefficient (Wildman–Crippen LogP) is 3.29. The van der Waals surface area contributed by atoms with Gasteiger partial charge in [-0.3, -0.25) is 0 Å². The Morgan fingerprint density at radius 1 is 1.40 bits per heavy atom. The van der Waals surface area contributed by atoms with Crippen molar-refractivity contribution in [2.75, 3.05) is 7.11 Å². The van der Waals surface area contributed by atoms with E-state index in [9.17, 15) is 4.39 Å². The van der Waals surface area contributed by atoms with Crippen molar-refractivity contribution in [3.8, 4) is 5.75 Å². The van der Waals surface area contributed by atoms with Crippen LogP contribution in [-0.4, -0.2) is 12.1 Å². The van der Waals surface area contributed by atoms with Gasteiger partial charge in [0.2, 0.25) is 5.89 Å². The molecule has 0 fully saturated rings. The molecule has 0 saturated heterocycles. The molecular formula is C15H19FN2O2. The van der Waals surface area contributed by atoms with E-state index in [1.165, 1.54) is 13.2 Å². The number of hydrogen-bond donors (Lipinski definition) is 1. The lowest BCUT2D eigenvalue weighted by atomic mass is 10.1. The topological polar surface area (TPSA) is 47.3 Å². The average Bonchev–Trinajstić information content (AvgIpc) is 2.75. The Hall–Kier alpha value is -1.88. The van der Waals surface area contributed by atoms with Gasteiger partial charge >= 0.3 is 0 Å². The van der Waals surface area contributed by atoms with Crippen LogP contribution in [-0.2, 0) is 6.54 Å². The quantitative estimate of drug-likeness (QED) is 0.911. The Kier molecular flexibility index (Phi) is 4.39. The van der Waals surface area contributed by atoms with Crippen LogP contribution < -0.4 is 10.1 Å². The van der Waals surface area contributed by atoms with Gasteiger partial charge in [0, 0.05) is 6.04 Å². The number of benzene rings is 1. The summed E-state index contributed by atoms with van der Waals surface area (Å²) in [5.41, 5.74) is 1.85. The Balaban J connectivity index is 2.02. The van der Waals surface area contributed by atoms with Crippen LogP contribution in [0.4, 0.5) is 4.39 Å². The molecule has 1 unspecified atom stereocenters. The van der Waals surface area contributed by atoms with Crippen molar-refractivity contribution in [3.05, 3.63) is 46.9 Å². The molecule has 1 aromatic carbocycles.